The van der Waals surface area contributed by atoms with Crippen molar-refractivity contribution in [3.05, 3.63) is 35.9 Å². The van der Waals surface area contributed by atoms with Gasteiger partial charge in [0.25, 0.3) is 0 Å². The van der Waals surface area contributed by atoms with Gasteiger partial charge < -0.3 is 44.8 Å². The summed E-state index contributed by atoms with van der Waals surface area (Å²) in [5, 5.41) is 16.0. The van der Waals surface area contributed by atoms with E-state index in [4.69, 9.17) is 14.5 Å². The van der Waals surface area contributed by atoms with E-state index >= 15 is 0 Å². The average molecular weight is 758 g/mol. The van der Waals surface area contributed by atoms with Gasteiger partial charge in [0.05, 0.1) is 36.6 Å². The predicted octanol–water partition coefficient (Wildman–Crippen LogP) is 2.57. The third kappa shape index (κ3) is 11.6. The van der Waals surface area contributed by atoms with Gasteiger partial charge in [-0.1, -0.05) is 71.4 Å². The van der Waals surface area contributed by atoms with Crippen molar-refractivity contribution in [3.8, 4) is 0 Å². The fraction of sp³-hybridized carbons (Fsp3) is 0.725. The van der Waals surface area contributed by atoms with E-state index in [-0.39, 0.29) is 36.5 Å². The van der Waals surface area contributed by atoms with Crippen LogP contribution in [0.3, 0.4) is 0 Å². The molecule has 2 heterocycles. The molecule has 8 atom stereocenters. The van der Waals surface area contributed by atoms with E-state index in [1.807, 2.05) is 63.2 Å². The molecule has 3 rings (SSSR count). The molecule has 14 heteroatoms. The minimum Gasteiger partial charge on any atom is -0.480 e. The number of nitrogens with zero attached hydrogens (tertiary/aromatic N) is 5. The molecule has 3 amide bonds. The zero-order chi connectivity index (χ0) is 40.1. The number of carbonyl (C=O) groups is 4. The number of rotatable bonds is 18. The first-order valence-electron chi connectivity index (χ1n) is 19.6. The largest absolute Gasteiger partial charge is 0.480 e. The molecule has 54 heavy (non-hydrogen) atoms. The van der Waals surface area contributed by atoms with Gasteiger partial charge in [0.15, 0.2) is 5.96 Å². The molecule has 2 saturated heterocycles. The van der Waals surface area contributed by atoms with Crippen molar-refractivity contribution >= 4 is 29.7 Å². The van der Waals surface area contributed by atoms with Crippen LogP contribution in [0.25, 0.3) is 0 Å². The second kappa shape index (κ2) is 21.4. The Hall–Kier alpha value is -3.75. The molecule has 1 aromatic carbocycles. The summed E-state index contributed by atoms with van der Waals surface area (Å²) in [6.45, 7) is 13.7. The van der Waals surface area contributed by atoms with Crippen LogP contribution in [0.4, 0.5) is 0 Å². The number of carboxylic acids is 1. The van der Waals surface area contributed by atoms with E-state index in [0.29, 0.717) is 13.0 Å². The van der Waals surface area contributed by atoms with Gasteiger partial charge in [0.2, 0.25) is 17.7 Å². The fourth-order valence-corrected chi connectivity index (χ4v) is 7.83. The number of likely N-dealkylation sites (tertiary alicyclic amines) is 1. The lowest BCUT2D eigenvalue weighted by molar-refractivity contribution is -0.147. The van der Waals surface area contributed by atoms with E-state index in [0.717, 1.165) is 50.5 Å². The molecule has 0 bridgehead atoms. The Bertz CT molecular complexity index is 1390. The quantitative estimate of drug-likeness (QED) is 0.150. The molecule has 304 valence electrons. The number of likely N-dealkylation sites (N-methyl/N-ethyl adjacent to an activating group) is 1. The highest BCUT2D eigenvalue weighted by Gasteiger charge is 2.43. The highest BCUT2D eigenvalue weighted by molar-refractivity contribution is 5.88. The van der Waals surface area contributed by atoms with Gasteiger partial charge in [-0.25, -0.2) is 9.79 Å². The van der Waals surface area contributed by atoms with Gasteiger partial charge in [0, 0.05) is 74.5 Å². The first-order valence-corrected chi connectivity index (χ1v) is 19.6. The van der Waals surface area contributed by atoms with Crippen molar-refractivity contribution < 1.29 is 33.8 Å². The highest BCUT2D eigenvalue weighted by atomic mass is 16.5. The number of methoxy groups -OCH3 is 2. The molecule has 0 unspecified atom stereocenters. The number of hydrogen-bond acceptors (Lipinski definition) is 8. The number of benzene rings is 1. The normalized spacial score (nSPS) is 20.4. The summed E-state index contributed by atoms with van der Waals surface area (Å²) in [6, 6.07) is 6.61. The van der Waals surface area contributed by atoms with Gasteiger partial charge in [0.1, 0.15) is 12.1 Å². The highest BCUT2D eigenvalue weighted by Crippen LogP contribution is 2.30. The van der Waals surface area contributed by atoms with Crippen molar-refractivity contribution in [1.82, 2.24) is 30.2 Å². The zero-order valence-electron chi connectivity index (χ0n) is 34.3. The summed E-state index contributed by atoms with van der Waals surface area (Å²) in [5.74, 6) is -1.86. The summed E-state index contributed by atoms with van der Waals surface area (Å²) in [6.07, 6.45) is 1.05. The van der Waals surface area contributed by atoms with Crippen molar-refractivity contribution in [2.75, 3.05) is 68.1 Å². The molecule has 2 aliphatic rings. The third-order valence-electron chi connectivity index (χ3n) is 11.1. The minimum atomic E-state index is -1.12. The van der Waals surface area contributed by atoms with Crippen LogP contribution < -0.4 is 10.6 Å². The maximum atomic E-state index is 14.4. The van der Waals surface area contributed by atoms with Crippen LogP contribution in [-0.2, 0) is 35.1 Å². The van der Waals surface area contributed by atoms with Crippen LogP contribution in [0.5, 0.6) is 0 Å². The Morgan fingerprint density at radius 2 is 1.65 bits per heavy atom. The Kier molecular flexibility index (Phi) is 17.7. The first-order chi connectivity index (χ1) is 25.7. The summed E-state index contributed by atoms with van der Waals surface area (Å²) >= 11 is 0. The number of nitrogens with one attached hydrogen (secondary N) is 2. The maximum Gasteiger partial charge on any atom is 0.326 e. The van der Waals surface area contributed by atoms with E-state index in [1.54, 1.807) is 30.9 Å². The lowest BCUT2D eigenvalue weighted by Crippen LogP contribution is -2.56. The van der Waals surface area contributed by atoms with Crippen LogP contribution in [0, 0.1) is 17.8 Å². The molecule has 0 aliphatic carbocycles. The van der Waals surface area contributed by atoms with E-state index in [9.17, 15) is 24.3 Å². The van der Waals surface area contributed by atoms with Crippen molar-refractivity contribution in [2.24, 2.45) is 22.7 Å². The van der Waals surface area contributed by atoms with Crippen LogP contribution in [0.1, 0.15) is 65.9 Å². The fourth-order valence-electron chi connectivity index (χ4n) is 7.83. The first kappa shape index (κ1) is 44.6. The van der Waals surface area contributed by atoms with Gasteiger partial charge in [-0.15, -0.1) is 0 Å². The van der Waals surface area contributed by atoms with Crippen molar-refractivity contribution in [3.63, 3.8) is 0 Å². The number of aliphatic imine (C=N–C) groups is 1. The minimum absolute atomic E-state index is 0.0119. The summed E-state index contributed by atoms with van der Waals surface area (Å²) < 4.78 is 12.0. The number of carboxylic acid groups (broad SMARTS) is 1. The molecule has 0 saturated carbocycles. The van der Waals surface area contributed by atoms with Gasteiger partial charge in [-0.2, -0.15) is 0 Å². The standard InChI is InChI=1S/C40H67N7O7/c1-11-27(4)35(45(8)38(50)34(26(2)3)43-40(44(6)7)46-22-19-41-20-23-46)32(53-9)25-33(48)47-21-15-18-31(47)36(54-10)28(5)37(49)42-30(39(51)52)24-29-16-13-12-14-17-29/h12-14,16-17,26-28,30-32,34-36,41H,11,15,18-25H2,1-10H3,(H,42,49)(H,51,52)/t27-,28+,30-,31-,32+,34-,35-,36+/m0/s1. The zero-order valence-corrected chi connectivity index (χ0v) is 34.3. The Balaban J connectivity index is 1.80. The lowest BCUT2D eigenvalue weighted by atomic mass is 9.89. The van der Waals surface area contributed by atoms with Gasteiger partial charge >= 0.3 is 5.97 Å². The molecule has 0 aromatic heterocycles. The van der Waals surface area contributed by atoms with Crippen molar-refractivity contribution in [2.45, 2.75) is 103 Å². The number of aliphatic carboxylic acids is 1. The number of guanidine groups is 1. The average Bonchev–Trinajstić information content (AvgIpc) is 3.64. The Morgan fingerprint density at radius 3 is 2.19 bits per heavy atom. The SMILES string of the molecule is CC[C@H](C)[C@@H]([C@@H](CC(=O)N1CCC[C@H]1[C@H](OC)[C@@H](C)C(=O)N[C@@H](Cc1ccccc1)C(=O)O)OC)N(C)C(=O)[C@@H](N=C(N(C)C)N1CCNCC1)C(C)C. The molecule has 2 aliphatic heterocycles. The molecule has 2 fully saturated rings. The number of hydrogen-bond donors (Lipinski definition) is 3. The topological polar surface area (TPSA) is 156 Å². The second-order valence-electron chi connectivity index (χ2n) is 15.4. The Labute approximate surface area is 323 Å². The number of ether oxygens (including phenoxy) is 2. The van der Waals surface area contributed by atoms with E-state index < -0.39 is 54.2 Å². The Morgan fingerprint density at radius 1 is 1.00 bits per heavy atom. The predicted molar refractivity (Wildman–Crippen MR) is 210 cm³/mol. The molecule has 3 N–H and O–H groups in total. The molecule has 0 spiro atoms. The third-order valence-corrected chi connectivity index (χ3v) is 11.1. The number of piperazine rings is 1. The lowest BCUT2D eigenvalue weighted by Gasteiger charge is -2.40. The smallest absolute Gasteiger partial charge is 0.326 e. The number of carbonyl (C=O) groups excluding carboxylic acids is 3. The monoisotopic (exact) mass is 758 g/mol. The van der Waals surface area contributed by atoms with Gasteiger partial charge in [-0.05, 0) is 30.2 Å². The van der Waals surface area contributed by atoms with E-state index in [1.165, 1.54) is 7.11 Å². The van der Waals surface area contributed by atoms with Crippen LogP contribution in [0.2, 0.25) is 0 Å². The van der Waals surface area contributed by atoms with Gasteiger partial charge in [-0.3, -0.25) is 14.4 Å². The summed E-state index contributed by atoms with van der Waals surface area (Å²) in [7, 11) is 8.80. The molecule has 14 nitrogen and oxygen atoms in total. The summed E-state index contributed by atoms with van der Waals surface area (Å²) in [4.78, 5) is 67.0. The van der Waals surface area contributed by atoms with Crippen LogP contribution in [0.15, 0.2) is 35.3 Å². The van der Waals surface area contributed by atoms with E-state index in [2.05, 4.69) is 29.4 Å². The molecule has 0 radical (unpaired) electrons. The number of amides is 3. The summed E-state index contributed by atoms with van der Waals surface area (Å²) in [5.41, 5.74) is 0.797. The molecule has 1 aromatic rings. The van der Waals surface area contributed by atoms with Crippen LogP contribution >= 0.6 is 0 Å². The second-order valence-corrected chi connectivity index (χ2v) is 15.4. The molecular weight excluding hydrogens is 690 g/mol. The maximum absolute atomic E-state index is 14.4. The molecular formula is C40H67N7O7. The van der Waals surface area contributed by atoms with Crippen LogP contribution in [-0.4, -0.2) is 159 Å². The van der Waals surface area contributed by atoms with Crippen molar-refractivity contribution in [1.29, 1.82) is 0 Å².